The topological polar surface area (TPSA) is 65.6 Å². The van der Waals surface area contributed by atoms with Crippen LogP contribution in [0.3, 0.4) is 0 Å². The molecule has 6 rings (SSSR count). The molecule has 2 aliphatic rings. The first kappa shape index (κ1) is 22.7. The first-order chi connectivity index (χ1) is 17.4. The summed E-state index contributed by atoms with van der Waals surface area (Å²) < 4.78 is 5.25. The Morgan fingerprint density at radius 3 is 2.47 bits per heavy atom. The molecule has 4 aromatic rings. The molecule has 2 unspecified atom stereocenters. The van der Waals surface area contributed by atoms with Crippen LogP contribution in [0.25, 0.3) is 10.9 Å². The third kappa shape index (κ3) is 3.39. The minimum absolute atomic E-state index is 0.0450. The quantitative estimate of drug-likeness (QED) is 0.427. The van der Waals surface area contributed by atoms with Crippen molar-refractivity contribution in [1.29, 1.82) is 0 Å². The van der Waals surface area contributed by atoms with E-state index in [0.29, 0.717) is 18.1 Å². The van der Waals surface area contributed by atoms with Crippen LogP contribution in [-0.4, -0.2) is 46.8 Å². The van der Waals surface area contributed by atoms with E-state index in [2.05, 4.69) is 11.1 Å². The highest BCUT2D eigenvalue weighted by molar-refractivity contribution is 6.30. The molecule has 0 bridgehead atoms. The number of amides is 2. The van der Waals surface area contributed by atoms with Crippen molar-refractivity contribution in [3.8, 4) is 5.75 Å². The molecule has 3 aromatic carbocycles. The maximum Gasteiger partial charge on any atom is 0.255 e. The molecule has 0 aliphatic carbocycles. The van der Waals surface area contributed by atoms with E-state index in [1.165, 1.54) is 0 Å². The second-order valence-corrected chi connectivity index (χ2v) is 10.1. The summed E-state index contributed by atoms with van der Waals surface area (Å²) in [5.41, 5.74) is 3.69. The van der Waals surface area contributed by atoms with Gasteiger partial charge in [0, 0.05) is 34.9 Å². The number of hydrogen-bond donors (Lipinski definition) is 1. The molecule has 3 heterocycles. The number of methoxy groups -OCH3 is 1. The van der Waals surface area contributed by atoms with Crippen molar-refractivity contribution in [2.45, 2.75) is 24.9 Å². The van der Waals surface area contributed by atoms with Crippen LogP contribution in [0.5, 0.6) is 5.75 Å². The van der Waals surface area contributed by atoms with Crippen LogP contribution < -0.4 is 4.74 Å². The summed E-state index contributed by atoms with van der Waals surface area (Å²) >= 11 is 6.17. The van der Waals surface area contributed by atoms with E-state index in [9.17, 15) is 9.59 Å². The predicted molar refractivity (Wildman–Crippen MR) is 139 cm³/mol. The first-order valence-electron chi connectivity index (χ1n) is 12.0. The molecule has 2 atom stereocenters. The number of rotatable bonds is 4. The number of hydrogen-bond acceptors (Lipinski definition) is 3. The van der Waals surface area contributed by atoms with Crippen molar-refractivity contribution in [2.24, 2.45) is 0 Å². The highest BCUT2D eigenvalue weighted by atomic mass is 35.5. The standard InChI is InChI=1S/C29H26ClN3O3/c1-29-27-26(22-5-3-4-6-24(22)31-27)23(19-9-11-20(30)12-10-19)16-33(29)25(34)17-32(28(29)35)15-18-7-13-21(36-2)14-8-18/h3-14,23,31H,15-17H2,1-2H3. The Labute approximate surface area is 214 Å². The van der Waals surface area contributed by atoms with Gasteiger partial charge in [-0.05, 0) is 53.9 Å². The lowest BCUT2D eigenvalue weighted by atomic mass is 9.76. The van der Waals surface area contributed by atoms with Gasteiger partial charge >= 0.3 is 0 Å². The van der Waals surface area contributed by atoms with Crippen LogP contribution in [0.2, 0.25) is 5.02 Å². The lowest BCUT2D eigenvalue weighted by molar-refractivity contribution is -0.166. The Hall–Kier alpha value is -3.77. The first-order valence-corrected chi connectivity index (χ1v) is 12.4. The number of carbonyl (C=O) groups excluding carboxylic acids is 2. The van der Waals surface area contributed by atoms with Gasteiger partial charge in [-0.15, -0.1) is 0 Å². The monoisotopic (exact) mass is 499 g/mol. The summed E-state index contributed by atoms with van der Waals surface area (Å²) in [4.78, 5) is 34.7. The summed E-state index contributed by atoms with van der Waals surface area (Å²) in [6, 6.07) is 23.4. The largest absolute Gasteiger partial charge is 0.497 e. The van der Waals surface area contributed by atoms with Crippen LogP contribution in [0.1, 0.15) is 35.2 Å². The van der Waals surface area contributed by atoms with Gasteiger partial charge < -0.3 is 19.5 Å². The van der Waals surface area contributed by atoms with Crippen LogP contribution >= 0.6 is 11.6 Å². The van der Waals surface area contributed by atoms with Gasteiger partial charge in [-0.3, -0.25) is 9.59 Å². The van der Waals surface area contributed by atoms with E-state index in [1.54, 1.807) is 16.9 Å². The second kappa shape index (κ2) is 8.42. The molecule has 0 saturated carbocycles. The lowest BCUT2D eigenvalue weighted by Crippen LogP contribution is -2.67. The Morgan fingerprint density at radius 2 is 1.75 bits per heavy atom. The van der Waals surface area contributed by atoms with Crippen LogP contribution in [0.15, 0.2) is 72.8 Å². The van der Waals surface area contributed by atoms with Crippen molar-refractivity contribution in [3.05, 3.63) is 100 Å². The zero-order chi connectivity index (χ0) is 25.0. The number of ether oxygens (including phenoxy) is 1. The molecular formula is C29H26ClN3O3. The van der Waals surface area contributed by atoms with Crippen LogP contribution in [0, 0.1) is 0 Å². The van der Waals surface area contributed by atoms with Gasteiger partial charge in [0.05, 0.1) is 12.8 Å². The smallest absolute Gasteiger partial charge is 0.255 e. The van der Waals surface area contributed by atoms with Gasteiger partial charge in [0.15, 0.2) is 5.54 Å². The minimum Gasteiger partial charge on any atom is -0.497 e. The molecule has 6 nitrogen and oxygen atoms in total. The fourth-order valence-corrected chi connectivity index (χ4v) is 5.88. The van der Waals surface area contributed by atoms with Crippen molar-refractivity contribution in [2.75, 3.05) is 20.2 Å². The molecular weight excluding hydrogens is 474 g/mol. The number of fused-ring (bicyclic) bond motifs is 5. The summed E-state index contributed by atoms with van der Waals surface area (Å²) in [6.45, 7) is 2.70. The zero-order valence-corrected chi connectivity index (χ0v) is 20.9. The molecule has 2 amide bonds. The Morgan fingerprint density at radius 1 is 1.03 bits per heavy atom. The average Bonchev–Trinajstić information content (AvgIpc) is 3.29. The molecule has 1 N–H and O–H groups in total. The number of benzene rings is 3. The summed E-state index contributed by atoms with van der Waals surface area (Å²) in [5, 5.41) is 1.73. The number of H-pyrrole nitrogens is 1. The molecule has 0 spiro atoms. The molecule has 2 aliphatic heterocycles. The average molecular weight is 500 g/mol. The number of nitrogens with zero attached hydrogens (tertiary/aromatic N) is 2. The van der Waals surface area contributed by atoms with Crippen LogP contribution in [-0.2, 0) is 21.7 Å². The zero-order valence-electron chi connectivity index (χ0n) is 20.1. The molecule has 1 aromatic heterocycles. The van der Waals surface area contributed by atoms with Crippen molar-refractivity contribution in [1.82, 2.24) is 14.8 Å². The van der Waals surface area contributed by atoms with E-state index in [-0.39, 0.29) is 24.3 Å². The predicted octanol–water partition coefficient (Wildman–Crippen LogP) is 5.06. The van der Waals surface area contributed by atoms with Crippen LogP contribution in [0.4, 0.5) is 0 Å². The van der Waals surface area contributed by atoms with Crippen molar-refractivity contribution in [3.63, 3.8) is 0 Å². The minimum atomic E-state index is -1.13. The summed E-state index contributed by atoms with van der Waals surface area (Å²) in [6.07, 6.45) is 0. The third-order valence-electron chi connectivity index (χ3n) is 7.62. The SMILES string of the molecule is COc1ccc(CN2CC(=O)N3CC(c4ccc(Cl)cc4)c4c([nH]c5ccccc45)C3(C)C2=O)cc1. The number of aromatic amines is 1. The Bertz CT molecular complexity index is 1480. The highest BCUT2D eigenvalue weighted by Gasteiger charge is 2.56. The molecule has 182 valence electrons. The van der Waals surface area contributed by atoms with E-state index in [1.807, 2.05) is 73.7 Å². The van der Waals surface area contributed by atoms with E-state index in [4.69, 9.17) is 16.3 Å². The maximum atomic E-state index is 14.2. The lowest BCUT2D eigenvalue weighted by Gasteiger charge is -2.51. The van der Waals surface area contributed by atoms with E-state index < -0.39 is 5.54 Å². The molecule has 7 heteroatoms. The van der Waals surface area contributed by atoms with Gasteiger partial charge in [0.1, 0.15) is 12.3 Å². The van der Waals surface area contributed by atoms with Gasteiger partial charge in [-0.2, -0.15) is 0 Å². The van der Waals surface area contributed by atoms with E-state index >= 15 is 0 Å². The van der Waals surface area contributed by atoms with Gasteiger partial charge in [-0.1, -0.05) is 54.1 Å². The molecule has 1 fully saturated rings. The molecule has 36 heavy (non-hydrogen) atoms. The van der Waals surface area contributed by atoms with Gasteiger partial charge in [0.25, 0.3) is 5.91 Å². The fraction of sp³-hybridized carbons (Fsp3) is 0.241. The van der Waals surface area contributed by atoms with Gasteiger partial charge in [-0.25, -0.2) is 0 Å². The normalized spacial score (nSPS) is 21.5. The Balaban J connectivity index is 1.46. The van der Waals surface area contributed by atoms with E-state index in [0.717, 1.165) is 39.0 Å². The molecule has 0 radical (unpaired) electrons. The number of aromatic nitrogens is 1. The Kier molecular flexibility index (Phi) is 5.30. The van der Waals surface area contributed by atoms with Crippen molar-refractivity contribution >= 4 is 34.3 Å². The molecule has 1 saturated heterocycles. The third-order valence-corrected chi connectivity index (χ3v) is 7.87. The van der Waals surface area contributed by atoms with Gasteiger partial charge in [0.2, 0.25) is 5.91 Å². The highest BCUT2D eigenvalue weighted by Crippen LogP contribution is 2.48. The number of para-hydroxylation sites is 1. The second-order valence-electron chi connectivity index (χ2n) is 9.65. The fourth-order valence-electron chi connectivity index (χ4n) is 5.75. The number of piperazine rings is 1. The maximum absolute atomic E-state index is 14.2. The van der Waals surface area contributed by atoms with Crippen molar-refractivity contribution < 1.29 is 14.3 Å². The summed E-state index contributed by atoms with van der Waals surface area (Å²) in [5.74, 6) is 0.529. The number of carbonyl (C=O) groups is 2. The number of halogens is 1. The number of nitrogens with one attached hydrogen (secondary N) is 1. The summed E-state index contributed by atoms with van der Waals surface area (Å²) in [7, 11) is 1.62.